The fourth-order valence-electron chi connectivity index (χ4n) is 5.14. The van der Waals surface area contributed by atoms with Gasteiger partial charge in [0, 0.05) is 57.4 Å². The van der Waals surface area contributed by atoms with E-state index in [4.69, 9.17) is 4.98 Å². The molecular weight excluding hydrogens is 370 g/mol. The van der Waals surface area contributed by atoms with Crippen molar-refractivity contribution >= 4 is 5.82 Å². The van der Waals surface area contributed by atoms with Crippen LogP contribution >= 0.6 is 0 Å². The van der Waals surface area contributed by atoms with Gasteiger partial charge in [-0.15, -0.1) is 0 Å². The molecule has 0 spiro atoms. The summed E-state index contributed by atoms with van der Waals surface area (Å²) in [4.78, 5) is 17.1. The second-order valence-corrected chi connectivity index (χ2v) is 8.95. The van der Waals surface area contributed by atoms with Gasteiger partial charge in [0.25, 0.3) is 0 Å². The minimum Gasteiger partial charge on any atom is -0.354 e. The van der Waals surface area contributed by atoms with E-state index in [0.717, 1.165) is 58.3 Å². The first-order valence-corrected chi connectivity index (χ1v) is 11.8. The van der Waals surface area contributed by atoms with Crippen molar-refractivity contribution in [1.29, 1.82) is 0 Å². The van der Waals surface area contributed by atoms with E-state index in [1.54, 1.807) is 6.33 Å². The highest BCUT2D eigenvalue weighted by Crippen LogP contribution is 2.27. The predicted molar refractivity (Wildman–Crippen MR) is 124 cm³/mol. The molecule has 162 valence electrons. The molecule has 2 aliphatic rings. The minimum absolute atomic E-state index is 0.742. The van der Waals surface area contributed by atoms with Crippen LogP contribution in [0.4, 0.5) is 5.82 Å². The summed E-state index contributed by atoms with van der Waals surface area (Å²) in [6.07, 6.45) is 6.68. The van der Waals surface area contributed by atoms with Gasteiger partial charge < -0.3 is 4.90 Å². The van der Waals surface area contributed by atoms with Gasteiger partial charge in [0.2, 0.25) is 0 Å². The van der Waals surface area contributed by atoms with Crippen LogP contribution in [-0.2, 0) is 19.5 Å². The third-order valence-corrected chi connectivity index (χ3v) is 6.78. The largest absolute Gasteiger partial charge is 0.354 e. The standard InChI is InChI=1S/C25H37N5/c1-4-7-22(5-2)29-12-14-30(15-13-29)25-23-10-11-28(18-24(23)26-19-27-25)17-21-9-6-8-20(3)16-21/h6,8-9,16,19,22H,4-5,7,10-15,17-18H2,1-3H3. The van der Waals surface area contributed by atoms with E-state index < -0.39 is 0 Å². The SMILES string of the molecule is CCCC(CC)N1CCN(c2ncnc3c2CCN(Cc2cccc(C)c2)C3)CC1. The van der Waals surface area contributed by atoms with Gasteiger partial charge in [-0.1, -0.05) is 50.1 Å². The first-order valence-electron chi connectivity index (χ1n) is 11.8. The molecule has 2 aliphatic heterocycles. The smallest absolute Gasteiger partial charge is 0.135 e. The van der Waals surface area contributed by atoms with Crippen LogP contribution in [0.3, 0.4) is 0 Å². The van der Waals surface area contributed by atoms with Crippen LogP contribution < -0.4 is 4.90 Å². The maximum atomic E-state index is 4.74. The third-order valence-electron chi connectivity index (χ3n) is 6.78. The van der Waals surface area contributed by atoms with Crippen molar-refractivity contribution < 1.29 is 0 Å². The first-order chi connectivity index (χ1) is 14.7. The van der Waals surface area contributed by atoms with Crippen molar-refractivity contribution in [1.82, 2.24) is 19.8 Å². The van der Waals surface area contributed by atoms with E-state index in [1.165, 1.54) is 47.5 Å². The number of fused-ring (bicyclic) bond motifs is 1. The molecule has 1 aromatic heterocycles. The van der Waals surface area contributed by atoms with Crippen LogP contribution in [-0.4, -0.2) is 58.5 Å². The molecule has 30 heavy (non-hydrogen) atoms. The zero-order chi connectivity index (χ0) is 20.9. The molecule has 1 fully saturated rings. The summed E-state index contributed by atoms with van der Waals surface area (Å²) >= 11 is 0. The van der Waals surface area contributed by atoms with Crippen LogP contribution in [0.5, 0.6) is 0 Å². The summed E-state index contributed by atoms with van der Waals surface area (Å²) in [6, 6.07) is 9.59. The molecule has 0 aliphatic carbocycles. The number of anilines is 1. The fraction of sp³-hybridized carbons (Fsp3) is 0.600. The Balaban J connectivity index is 1.41. The Kier molecular flexibility index (Phi) is 7.00. The Morgan fingerprint density at radius 1 is 1.03 bits per heavy atom. The molecule has 0 radical (unpaired) electrons. The number of rotatable bonds is 7. The number of hydrogen-bond donors (Lipinski definition) is 0. The molecular formula is C25H37N5. The lowest BCUT2D eigenvalue weighted by atomic mass is 10.0. The fourth-order valence-corrected chi connectivity index (χ4v) is 5.14. The molecule has 0 bridgehead atoms. The van der Waals surface area contributed by atoms with Gasteiger partial charge in [0.15, 0.2) is 0 Å². The van der Waals surface area contributed by atoms with Crippen LogP contribution in [0.1, 0.15) is 55.5 Å². The Labute approximate surface area is 182 Å². The molecule has 3 heterocycles. The number of aryl methyl sites for hydroxylation is 1. The summed E-state index contributed by atoms with van der Waals surface area (Å²) in [6.45, 7) is 14.3. The van der Waals surface area contributed by atoms with E-state index in [0.29, 0.717) is 0 Å². The van der Waals surface area contributed by atoms with Gasteiger partial charge >= 0.3 is 0 Å². The van der Waals surface area contributed by atoms with Gasteiger partial charge in [-0.3, -0.25) is 9.80 Å². The average molecular weight is 408 g/mol. The zero-order valence-corrected chi connectivity index (χ0v) is 19.0. The third kappa shape index (κ3) is 4.84. The molecule has 5 nitrogen and oxygen atoms in total. The maximum absolute atomic E-state index is 4.74. The van der Waals surface area contributed by atoms with Crippen LogP contribution in [0.15, 0.2) is 30.6 Å². The van der Waals surface area contributed by atoms with E-state index in [-0.39, 0.29) is 0 Å². The normalized spacial score (nSPS) is 19.0. The lowest BCUT2D eigenvalue weighted by Gasteiger charge is -2.40. The lowest BCUT2D eigenvalue weighted by Crippen LogP contribution is -2.51. The molecule has 1 atom stereocenters. The van der Waals surface area contributed by atoms with Crippen LogP contribution in [0.25, 0.3) is 0 Å². The van der Waals surface area contributed by atoms with Crippen molar-refractivity contribution in [3.8, 4) is 0 Å². The number of benzene rings is 1. The monoisotopic (exact) mass is 407 g/mol. The van der Waals surface area contributed by atoms with Gasteiger partial charge in [0.05, 0.1) is 5.69 Å². The minimum atomic E-state index is 0.742. The second-order valence-electron chi connectivity index (χ2n) is 8.95. The first kappa shape index (κ1) is 21.3. The summed E-state index contributed by atoms with van der Waals surface area (Å²) < 4.78 is 0. The van der Waals surface area contributed by atoms with Crippen molar-refractivity contribution in [3.05, 3.63) is 53.0 Å². The molecule has 1 unspecified atom stereocenters. The Bertz CT molecular complexity index is 828. The highest BCUT2D eigenvalue weighted by atomic mass is 15.3. The van der Waals surface area contributed by atoms with Crippen LogP contribution in [0, 0.1) is 6.92 Å². The maximum Gasteiger partial charge on any atom is 0.135 e. The summed E-state index contributed by atoms with van der Waals surface area (Å²) in [7, 11) is 0. The quantitative estimate of drug-likeness (QED) is 0.692. The summed E-state index contributed by atoms with van der Waals surface area (Å²) in [5.74, 6) is 1.19. The Morgan fingerprint density at radius 3 is 2.60 bits per heavy atom. The number of hydrogen-bond acceptors (Lipinski definition) is 5. The molecule has 4 rings (SSSR count). The van der Waals surface area contributed by atoms with E-state index in [2.05, 4.69) is 64.7 Å². The summed E-state index contributed by atoms with van der Waals surface area (Å²) in [5, 5.41) is 0. The molecule has 5 heteroatoms. The van der Waals surface area contributed by atoms with Crippen molar-refractivity contribution in [2.45, 2.75) is 65.6 Å². The van der Waals surface area contributed by atoms with Gasteiger partial charge in [-0.25, -0.2) is 9.97 Å². The molecule has 1 saturated heterocycles. The van der Waals surface area contributed by atoms with Gasteiger partial charge in [0.1, 0.15) is 12.1 Å². The molecule has 0 saturated carbocycles. The lowest BCUT2D eigenvalue weighted by molar-refractivity contribution is 0.170. The Hall–Kier alpha value is -1.98. The zero-order valence-electron chi connectivity index (χ0n) is 19.0. The number of nitrogens with zero attached hydrogens (tertiary/aromatic N) is 5. The number of aromatic nitrogens is 2. The highest BCUT2D eigenvalue weighted by molar-refractivity contribution is 5.50. The van der Waals surface area contributed by atoms with Crippen molar-refractivity contribution in [2.24, 2.45) is 0 Å². The number of piperazine rings is 1. The second kappa shape index (κ2) is 9.88. The van der Waals surface area contributed by atoms with Crippen molar-refractivity contribution in [2.75, 3.05) is 37.6 Å². The topological polar surface area (TPSA) is 35.5 Å². The van der Waals surface area contributed by atoms with E-state index >= 15 is 0 Å². The van der Waals surface area contributed by atoms with Crippen molar-refractivity contribution in [3.63, 3.8) is 0 Å². The van der Waals surface area contributed by atoms with Gasteiger partial charge in [-0.2, -0.15) is 0 Å². The van der Waals surface area contributed by atoms with E-state index in [1.807, 2.05) is 0 Å². The molecule has 2 aromatic rings. The molecule has 1 aromatic carbocycles. The average Bonchev–Trinajstić information content (AvgIpc) is 2.77. The van der Waals surface area contributed by atoms with Crippen LogP contribution in [0.2, 0.25) is 0 Å². The molecule has 0 amide bonds. The summed E-state index contributed by atoms with van der Waals surface area (Å²) in [5.41, 5.74) is 5.32. The molecule has 0 N–H and O–H groups in total. The Morgan fingerprint density at radius 2 is 1.87 bits per heavy atom. The van der Waals surface area contributed by atoms with E-state index in [9.17, 15) is 0 Å². The van der Waals surface area contributed by atoms with Gasteiger partial charge in [-0.05, 0) is 31.7 Å². The highest BCUT2D eigenvalue weighted by Gasteiger charge is 2.27. The predicted octanol–water partition coefficient (Wildman–Crippen LogP) is 4.04.